The van der Waals surface area contributed by atoms with Crippen LogP contribution in [0.5, 0.6) is 0 Å². The van der Waals surface area contributed by atoms with Crippen LogP contribution in [0.2, 0.25) is 0 Å². The van der Waals surface area contributed by atoms with E-state index >= 15 is 0 Å². The van der Waals surface area contributed by atoms with Gasteiger partial charge in [0.05, 0.1) is 0 Å². The first-order valence-corrected chi connectivity index (χ1v) is 10.1. The van der Waals surface area contributed by atoms with E-state index in [1.54, 1.807) is 0 Å². The summed E-state index contributed by atoms with van der Waals surface area (Å²) in [5.74, 6) is 0. The molecule has 1 aliphatic rings. The van der Waals surface area contributed by atoms with Crippen molar-refractivity contribution < 1.29 is 5.11 Å². The lowest BCUT2D eigenvalue weighted by Crippen LogP contribution is -2.36. The summed E-state index contributed by atoms with van der Waals surface area (Å²) >= 11 is 0. The van der Waals surface area contributed by atoms with E-state index in [1.165, 1.54) is 89.9 Å². The van der Waals surface area contributed by atoms with Crippen LogP contribution in [0.4, 0.5) is 0 Å². The van der Waals surface area contributed by atoms with E-state index in [9.17, 15) is 5.11 Å². The summed E-state index contributed by atoms with van der Waals surface area (Å²) in [5.41, 5.74) is 0. The maximum atomic E-state index is 9.85. The van der Waals surface area contributed by atoms with Gasteiger partial charge in [0.2, 0.25) is 6.35 Å². The Balaban J connectivity index is 1.74. The molecule has 0 amide bonds. The fraction of sp³-hybridized carbons (Fsp3) is 0.900. The number of aliphatic hydroxyl groups is 1. The second-order valence-electron chi connectivity index (χ2n) is 7.14. The highest BCUT2D eigenvalue weighted by molar-refractivity contribution is 4.90. The van der Waals surface area contributed by atoms with Gasteiger partial charge in [-0.2, -0.15) is 0 Å². The summed E-state index contributed by atoms with van der Waals surface area (Å²) in [6.45, 7) is 3.26. The predicted molar refractivity (Wildman–Crippen MR) is 99.9 cm³/mol. The Morgan fingerprint density at radius 3 is 1.52 bits per heavy atom. The lowest BCUT2D eigenvalue weighted by atomic mass is 10.0. The molecule has 23 heavy (non-hydrogen) atoms. The minimum atomic E-state index is -0.447. The van der Waals surface area contributed by atoms with E-state index in [4.69, 9.17) is 0 Å². The van der Waals surface area contributed by atoms with Crippen LogP contribution in [0, 0.1) is 0 Å². The van der Waals surface area contributed by atoms with Crippen molar-refractivity contribution in [2.24, 2.45) is 0 Å². The van der Waals surface area contributed by atoms with Crippen LogP contribution in [0.3, 0.4) is 0 Å². The van der Waals surface area contributed by atoms with Gasteiger partial charge in [-0.05, 0) is 6.42 Å². The fourth-order valence-corrected chi connectivity index (χ4v) is 3.26. The van der Waals surface area contributed by atoms with Crippen molar-refractivity contribution in [1.29, 1.82) is 0 Å². The molecule has 0 aromatic heterocycles. The van der Waals surface area contributed by atoms with Crippen molar-refractivity contribution in [2.75, 3.05) is 13.6 Å². The summed E-state index contributed by atoms with van der Waals surface area (Å²) in [6.07, 6.45) is 23.0. The summed E-state index contributed by atoms with van der Waals surface area (Å²) in [4.78, 5) is 3.85. The normalized spacial score (nSPS) is 17.4. The van der Waals surface area contributed by atoms with Crippen LogP contribution < -0.4 is 0 Å². The Morgan fingerprint density at radius 1 is 0.696 bits per heavy atom. The van der Waals surface area contributed by atoms with Gasteiger partial charge in [-0.3, -0.25) is 0 Å². The third-order valence-electron chi connectivity index (χ3n) is 4.92. The molecule has 0 aromatic rings. The highest BCUT2D eigenvalue weighted by Crippen LogP contribution is 2.15. The van der Waals surface area contributed by atoms with Crippen LogP contribution in [-0.2, 0) is 0 Å². The van der Waals surface area contributed by atoms with E-state index in [2.05, 4.69) is 6.92 Å². The van der Waals surface area contributed by atoms with Gasteiger partial charge in [-0.15, -0.1) is 0 Å². The van der Waals surface area contributed by atoms with Crippen molar-refractivity contribution in [3.8, 4) is 0 Å². The SMILES string of the molecule is CCCCCCCCCCCCCCCCN1C=CN(C)C1O. The maximum Gasteiger partial charge on any atom is 0.206 e. The fourth-order valence-electron chi connectivity index (χ4n) is 3.26. The molecule has 1 atom stereocenters. The second kappa shape index (κ2) is 13.7. The summed E-state index contributed by atoms with van der Waals surface area (Å²) in [5, 5.41) is 9.85. The topological polar surface area (TPSA) is 26.7 Å². The van der Waals surface area contributed by atoms with Crippen molar-refractivity contribution in [3.63, 3.8) is 0 Å². The third-order valence-corrected chi connectivity index (χ3v) is 4.92. The number of nitrogens with zero attached hydrogens (tertiary/aromatic N) is 2. The van der Waals surface area contributed by atoms with Crippen LogP contribution in [0.25, 0.3) is 0 Å². The minimum Gasteiger partial charge on any atom is -0.356 e. The Morgan fingerprint density at radius 2 is 1.13 bits per heavy atom. The van der Waals surface area contributed by atoms with E-state index in [1.807, 2.05) is 29.2 Å². The largest absolute Gasteiger partial charge is 0.356 e. The zero-order valence-electron chi connectivity index (χ0n) is 15.7. The Kier molecular flexibility index (Phi) is 12.1. The molecule has 0 bridgehead atoms. The summed E-state index contributed by atoms with van der Waals surface area (Å²) < 4.78 is 0. The van der Waals surface area contributed by atoms with Gasteiger partial charge in [0.15, 0.2) is 0 Å². The molecule has 0 saturated heterocycles. The number of aliphatic hydroxyl groups excluding tert-OH is 1. The average Bonchev–Trinajstić information content (AvgIpc) is 2.87. The second-order valence-corrected chi connectivity index (χ2v) is 7.14. The molecular formula is C20H40N2O. The first kappa shape index (κ1) is 20.3. The third kappa shape index (κ3) is 9.91. The quantitative estimate of drug-likeness (QED) is 0.405. The molecule has 0 spiro atoms. The monoisotopic (exact) mass is 324 g/mol. The molecule has 1 rings (SSSR count). The van der Waals surface area contributed by atoms with Gasteiger partial charge in [-0.1, -0.05) is 90.4 Å². The standard InChI is InChI=1S/C20H40N2O/c1-3-4-5-6-7-8-9-10-11-12-13-14-15-16-17-22-19-18-21(2)20(22)23/h18-20,23H,3-17H2,1-2H3. The van der Waals surface area contributed by atoms with Crippen molar-refractivity contribution in [2.45, 2.75) is 103 Å². The number of rotatable bonds is 15. The average molecular weight is 325 g/mol. The van der Waals surface area contributed by atoms with Gasteiger partial charge in [0, 0.05) is 26.0 Å². The lowest BCUT2D eigenvalue weighted by molar-refractivity contribution is -0.0365. The van der Waals surface area contributed by atoms with Gasteiger partial charge >= 0.3 is 0 Å². The molecule has 1 aliphatic heterocycles. The van der Waals surface area contributed by atoms with Gasteiger partial charge in [0.1, 0.15) is 0 Å². The minimum absolute atomic E-state index is 0.447. The van der Waals surface area contributed by atoms with Crippen molar-refractivity contribution in [1.82, 2.24) is 9.80 Å². The molecular weight excluding hydrogens is 284 g/mol. The maximum absolute atomic E-state index is 9.85. The molecule has 1 unspecified atom stereocenters. The van der Waals surface area contributed by atoms with Crippen LogP contribution in [-0.4, -0.2) is 34.9 Å². The van der Waals surface area contributed by atoms with Crippen LogP contribution >= 0.6 is 0 Å². The van der Waals surface area contributed by atoms with Gasteiger partial charge < -0.3 is 14.9 Å². The molecule has 0 aliphatic carbocycles. The highest BCUT2D eigenvalue weighted by atomic mass is 16.3. The smallest absolute Gasteiger partial charge is 0.206 e. The van der Waals surface area contributed by atoms with Crippen molar-refractivity contribution >= 4 is 0 Å². The molecule has 1 N–H and O–H groups in total. The highest BCUT2D eigenvalue weighted by Gasteiger charge is 2.19. The van der Waals surface area contributed by atoms with E-state index in [0.29, 0.717) is 0 Å². The Labute approximate surface area is 144 Å². The predicted octanol–water partition coefficient (Wildman–Crippen LogP) is 5.46. The van der Waals surface area contributed by atoms with Gasteiger partial charge in [0.25, 0.3) is 0 Å². The van der Waals surface area contributed by atoms with E-state index in [0.717, 1.165) is 6.54 Å². The Bertz CT molecular complexity index is 293. The van der Waals surface area contributed by atoms with Gasteiger partial charge in [-0.25, -0.2) is 0 Å². The molecule has 0 radical (unpaired) electrons. The number of hydrogen-bond donors (Lipinski definition) is 1. The number of unbranched alkanes of at least 4 members (excludes halogenated alkanes) is 13. The lowest BCUT2D eigenvalue weighted by Gasteiger charge is -2.25. The molecule has 0 fully saturated rings. The molecule has 3 heteroatoms. The van der Waals surface area contributed by atoms with E-state index in [-0.39, 0.29) is 0 Å². The molecule has 0 aromatic carbocycles. The summed E-state index contributed by atoms with van der Waals surface area (Å²) in [7, 11) is 1.91. The molecule has 0 saturated carbocycles. The first-order valence-electron chi connectivity index (χ1n) is 10.1. The molecule has 136 valence electrons. The molecule has 1 heterocycles. The zero-order chi connectivity index (χ0) is 16.8. The molecule has 3 nitrogen and oxygen atoms in total. The summed E-state index contributed by atoms with van der Waals surface area (Å²) in [6, 6.07) is 0. The van der Waals surface area contributed by atoms with E-state index < -0.39 is 6.35 Å². The van der Waals surface area contributed by atoms with Crippen LogP contribution in [0.15, 0.2) is 12.4 Å². The first-order chi connectivity index (χ1) is 11.3. The Hall–Kier alpha value is -0.700. The number of hydrogen-bond acceptors (Lipinski definition) is 3. The zero-order valence-corrected chi connectivity index (χ0v) is 15.7. The van der Waals surface area contributed by atoms with Crippen LogP contribution in [0.1, 0.15) is 96.8 Å². The van der Waals surface area contributed by atoms with Crippen molar-refractivity contribution in [3.05, 3.63) is 12.4 Å².